The summed E-state index contributed by atoms with van der Waals surface area (Å²) in [4.78, 5) is 2.40. The van der Waals surface area contributed by atoms with Crippen molar-refractivity contribution in [2.24, 2.45) is 13.0 Å². The Morgan fingerprint density at radius 3 is 2.68 bits per heavy atom. The van der Waals surface area contributed by atoms with Crippen LogP contribution in [0.5, 0.6) is 0 Å². The molecule has 1 unspecified atom stereocenters. The van der Waals surface area contributed by atoms with Gasteiger partial charge in [-0.15, -0.1) is 0 Å². The van der Waals surface area contributed by atoms with Crippen molar-refractivity contribution in [1.82, 2.24) is 20.0 Å². The molecule has 0 radical (unpaired) electrons. The normalized spacial score (nSPS) is 13.4. The molecular formula is C15H30N4. The molecule has 0 saturated heterocycles. The number of nitrogens with zero attached hydrogens (tertiary/aromatic N) is 3. The van der Waals surface area contributed by atoms with Crippen LogP contribution in [0, 0.1) is 5.92 Å². The summed E-state index contributed by atoms with van der Waals surface area (Å²) < 4.78 is 1.86. The Labute approximate surface area is 118 Å². The predicted octanol–water partition coefficient (Wildman–Crippen LogP) is 2.27. The molecule has 0 fully saturated rings. The number of rotatable bonds is 9. The van der Waals surface area contributed by atoms with Crippen molar-refractivity contribution in [2.75, 3.05) is 20.1 Å². The van der Waals surface area contributed by atoms with Gasteiger partial charge in [0.2, 0.25) is 0 Å². The van der Waals surface area contributed by atoms with Gasteiger partial charge in [-0.25, -0.2) is 0 Å². The molecule has 0 amide bonds. The second-order valence-electron chi connectivity index (χ2n) is 6.03. The second kappa shape index (κ2) is 8.33. The van der Waals surface area contributed by atoms with Crippen LogP contribution < -0.4 is 5.32 Å². The number of nitrogens with one attached hydrogen (secondary N) is 1. The average Bonchev–Trinajstić information content (AvgIpc) is 2.73. The molecule has 0 spiro atoms. The zero-order chi connectivity index (χ0) is 14.3. The van der Waals surface area contributed by atoms with Gasteiger partial charge in [-0.1, -0.05) is 13.8 Å². The molecule has 0 aliphatic rings. The van der Waals surface area contributed by atoms with Gasteiger partial charge in [-0.2, -0.15) is 5.10 Å². The summed E-state index contributed by atoms with van der Waals surface area (Å²) in [5.41, 5.74) is 1.29. The quantitative estimate of drug-likeness (QED) is 0.696. The van der Waals surface area contributed by atoms with E-state index in [1.165, 1.54) is 18.4 Å². The maximum absolute atomic E-state index is 4.21. The standard InChI is InChI=1S/C15H30N4/c1-13(2)9-16-8-6-7-14(3)18(4)11-15-10-17-19(5)12-15/h10,12-14,16H,6-9,11H2,1-5H3. The fraction of sp³-hybridized carbons (Fsp3) is 0.800. The molecule has 1 heterocycles. The van der Waals surface area contributed by atoms with Crippen molar-refractivity contribution >= 4 is 0 Å². The van der Waals surface area contributed by atoms with Crippen LogP contribution in [0.15, 0.2) is 12.4 Å². The third-order valence-electron chi connectivity index (χ3n) is 3.47. The van der Waals surface area contributed by atoms with Crippen molar-refractivity contribution in [2.45, 2.75) is 46.2 Å². The first kappa shape index (κ1) is 16.2. The highest BCUT2D eigenvalue weighted by molar-refractivity contribution is 5.03. The van der Waals surface area contributed by atoms with Crippen molar-refractivity contribution in [3.05, 3.63) is 18.0 Å². The minimum absolute atomic E-state index is 0.612. The number of hydrogen-bond acceptors (Lipinski definition) is 3. The first-order valence-corrected chi connectivity index (χ1v) is 7.37. The molecule has 4 heteroatoms. The molecule has 0 aromatic carbocycles. The Kier molecular flexibility index (Phi) is 7.10. The molecule has 1 aromatic rings. The third-order valence-corrected chi connectivity index (χ3v) is 3.47. The number of aryl methyl sites for hydroxylation is 1. The van der Waals surface area contributed by atoms with Crippen LogP contribution in [0.3, 0.4) is 0 Å². The van der Waals surface area contributed by atoms with Gasteiger partial charge in [-0.3, -0.25) is 9.58 Å². The number of aromatic nitrogens is 2. The van der Waals surface area contributed by atoms with E-state index in [1.54, 1.807) is 0 Å². The van der Waals surface area contributed by atoms with Crippen LogP contribution in [0.2, 0.25) is 0 Å². The van der Waals surface area contributed by atoms with Crippen LogP contribution in [0.25, 0.3) is 0 Å². The van der Waals surface area contributed by atoms with E-state index in [9.17, 15) is 0 Å². The van der Waals surface area contributed by atoms with Gasteiger partial charge in [0, 0.05) is 31.4 Å². The summed E-state index contributed by atoms with van der Waals surface area (Å²) >= 11 is 0. The Hall–Kier alpha value is -0.870. The van der Waals surface area contributed by atoms with E-state index >= 15 is 0 Å². The van der Waals surface area contributed by atoms with Crippen LogP contribution in [0.4, 0.5) is 0 Å². The Balaban J connectivity index is 2.16. The Bertz CT molecular complexity index is 346. The van der Waals surface area contributed by atoms with Crippen molar-refractivity contribution < 1.29 is 0 Å². The molecule has 0 saturated carbocycles. The largest absolute Gasteiger partial charge is 0.316 e. The van der Waals surface area contributed by atoms with Gasteiger partial charge in [0.15, 0.2) is 0 Å². The number of hydrogen-bond donors (Lipinski definition) is 1. The molecule has 110 valence electrons. The third kappa shape index (κ3) is 6.73. The Morgan fingerprint density at radius 2 is 2.11 bits per heavy atom. The summed E-state index contributed by atoms with van der Waals surface area (Å²) in [6, 6.07) is 0.612. The van der Waals surface area contributed by atoms with Crippen molar-refractivity contribution in [3.8, 4) is 0 Å². The van der Waals surface area contributed by atoms with E-state index in [2.05, 4.69) is 49.3 Å². The lowest BCUT2D eigenvalue weighted by Crippen LogP contribution is -2.29. The van der Waals surface area contributed by atoms with Crippen LogP contribution in [-0.4, -0.2) is 40.9 Å². The molecule has 0 bridgehead atoms. The highest BCUT2D eigenvalue weighted by Crippen LogP contribution is 2.09. The maximum atomic E-state index is 4.21. The first-order chi connectivity index (χ1) is 8.99. The second-order valence-corrected chi connectivity index (χ2v) is 6.03. The van der Waals surface area contributed by atoms with E-state index in [0.29, 0.717) is 6.04 Å². The summed E-state index contributed by atoms with van der Waals surface area (Å²) in [7, 11) is 4.16. The summed E-state index contributed by atoms with van der Waals surface area (Å²) in [5, 5.41) is 7.71. The molecule has 1 atom stereocenters. The summed E-state index contributed by atoms with van der Waals surface area (Å²) in [6.07, 6.45) is 6.52. The van der Waals surface area contributed by atoms with Crippen LogP contribution >= 0.6 is 0 Å². The molecule has 19 heavy (non-hydrogen) atoms. The minimum atomic E-state index is 0.612. The summed E-state index contributed by atoms with van der Waals surface area (Å²) in [5.74, 6) is 0.741. The predicted molar refractivity (Wildman–Crippen MR) is 81.1 cm³/mol. The molecule has 4 nitrogen and oxygen atoms in total. The topological polar surface area (TPSA) is 33.1 Å². The van der Waals surface area contributed by atoms with Crippen molar-refractivity contribution in [1.29, 1.82) is 0 Å². The zero-order valence-corrected chi connectivity index (χ0v) is 13.2. The van der Waals surface area contributed by atoms with E-state index in [1.807, 2.05) is 17.9 Å². The molecule has 1 rings (SSSR count). The van der Waals surface area contributed by atoms with Crippen LogP contribution in [0.1, 0.15) is 39.2 Å². The van der Waals surface area contributed by atoms with E-state index in [0.717, 1.165) is 25.6 Å². The lowest BCUT2D eigenvalue weighted by molar-refractivity contribution is 0.234. The fourth-order valence-electron chi connectivity index (χ4n) is 2.13. The lowest BCUT2D eigenvalue weighted by atomic mass is 10.1. The van der Waals surface area contributed by atoms with E-state index < -0.39 is 0 Å². The van der Waals surface area contributed by atoms with Gasteiger partial charge in [-0.05, 0) is 45.8 Å². The van der Waals surface area contributed by atoms with Gasteiger partial charge in [0.1, 0.15) is 0 Å². The monoisotopic (exact) mass is 266 g/mol. The molecule has 1 aromatic heterocycles. The van der Waals surface area contributed by atoms with Crippen LogP contribution in [-0.2, 0) is 13.6 Å². The SMILES string of the molecule is CC(C)CNCCCC(C)N(C)Cc1cnn(C)c1. The summed E-state index contributed by atoms with van der Waals surface area (Å²) in [6.45, 7) is 10.0. The highest BCUT2D eigenvalue weighted by Gasteiger charge is 2.10. The van der Waals surface area contributed by atoms with E-state index in [-0.39, 0.29) is 0 Å². The van der Waals surface area contributed by atoms with Gasteiger partial charge < -0.3 is 5.32 Å². The van der Waals surface area contributed by atoms with Crippen molar-refractivity contribution in [3.63, 3.8) is 0 Å². The molecule has 0 aliphatic carbocycles. The van der Waals surface area contributed by atoms with Gasteiger partial charge in [0.05, 0.1) is 6.20 Å². The first-order valence-electron chi connectivity index (χ1n) is 7.37. The molecular weight excluding hydrogens is 236 g/mol. The van der Waals surface area contributed by atoms with Gasteiger partial charge >= 0.3 is 0 Å². The minimum Gasteiger partial charge on any atom is -0.316 e. The zero-order valence-electron chi connectivity index (χ0n) is 13.2. The maximum Gasteiger partial charge on any atom is 0.0534 e. The average molecular weight is 266 g/mol. The molecule has 0 aliphatic heterocycles. The van der Waals surface area contributed by atoms with E-state index in [4.69, 9.17) is 0 Å². The highest BCUT2D eigenvalue weighted by atomic mass is 15.2. The fourth-order valence-corrected chi connectivity index (χ4v) is 2.13. The lowest BCUT2D eigenvalue weighted by Gasteiger charge is -2.24. The Morgan fingerprint density at radius 1 is 1.37 bits per heavy atom. The smallest absolute Gasteiger partial charge is 0.0534 e. The molecule has 1 N–H and O–H groups in total. The van der Waals surface area contributed by atoms with Gasteiger partial charge in [0.25, 0.3) is 0 Å².